The topological polar surface area (TPSA) is 26.3 Å². The molecule has 0 spiro atoms. The highest BCUT2D eigenvalue weighted by molar-refractivity contribution is 6.74. The van der Waals surface area contributed by atoms with Gasteiger partial charge in [0.05, 0.1) is 0 Å². The second-order valence-electron chi connectivity index (χ2n) is 11.7. The van der Waals surface area contributed by atoms with Crippen LogP contribution in [-0.4, -0.2) is 20.7 Å². The quantitative estimate of drug-likeness (QED) is 0.313. The maximum atomic E-state index is 13.3. The molecule has 0 saturated heterocycles. The molecule has 0 heterocycles. The van der Waals surface area contributed by atoms with Crippen LogP contribution in [0.25, 0.3) is 0 Å². The van der Waals surface area contributed by atoms with Crippen LogP contribution in [-0.2, 0) is 9.22 Å². The Hall–Kier alpha value is -0.413. The number of rotatable bonds is 8. The van der Waals surface area contributed by atoms with Crippen LogP contribution in [0.4, 0.5) is 0 Å². The van der Waals surface area contributed by atoms with Gasteiger partial charge in [-0.1, -0.05) is 47.6 Å². The highest BCUT2D eigenvalue weighted by Gasteiger charge is 2.54. The van der Waals surface area contributed by atoms with Crippen molar-refractivity contribution in [2.24, 2.45) is 35.0 Å². The van der Waals surface area contributed by atoms with E-state index in [0.29, 0.717) is 23.5 Å². The Morgan fingerprint density at radius 2 is 1.89 bits per heavy atom. The minimum atomic E-state index is -1.71. The molecule has 0 N–H and O–H groups in total. The summed E-state index contributed by atoms with van der Waals surface area (Å²) in [6, 6.07) is 0. The van der Waals surface area contributed by atoms with Gasteiger partial charge in [0.25, 0.3) is 0 Å². The van der Waals surface area contributed by atoms with E-state index in [-0.39, 0.29) is 22.3 Å². The summed E-state index contributed by atoms with van der Waals surface area (Å²) in [7, 11) is -1.71. The zero-order chi connectivity index (χ0) is 21.3. The number of Topliss-reactive ketones (excluding diaryl/α,β-unsaturated/α-hetero) is 1. The van der Waals surface area contributed by atoms with Gasteiger partial charge in [-0.2, -0.15) is 0 Å². The molecule has 2 saturated carbocycles. The zero-order valence-electron chi connectivity index (χ0n) is 19.9. The summed E-state index contributed by atoms with van der Waals surface area (Å²) >= 11 is 0. The molecule has 0 aromatic carbocycles. The molecule has 1 unspecified atom stereocenters. The average Bonchev–Trinajstić information content (AvgIpc) is 2.96. The van der Waals surface area contributed by atoms with Crippen LogP contribution in [0.15, 0.2) is 12.7 Å². The van der Waals surface area contributed by atoms with E-state index in [9.17, 15) is 4.79 Å². The Balaban J connectivity index is 2.00. The maximum Gasteiger partial charge on any atom is 0.191 e. The van der Waals surface area contributed by atoms with Gasteiger partial charge < -0.3 is 4.43 Å². The lowest BCUT2D eigenvalue weighted by Gasteiger charge is -2.45. The molecule has 2 aliphatic carbocycles. The Labute approximate surface area is 176 Å². The molecule has 0 amide bonds. The average molecular weight is 407 g/mol. The molecule has 2 fully saturated rings. The molecule has 0 bridgehead atoms. The van der Waals surface area contributed by atoms with Crippen LogP contribution in [0.3, 0.4) is 0 Å². The van der Waals surface area contributed by atoms with Crippen LogP contribution in [0.5, 0.6) is 0 Å². The van der Waals surface area contributed by atoms with Crippen molar-refractivity contribution in [3.63, 3.8) is 0 Å². The minimum absolute atomic E-state index is 0.188. The van der Waals surface area contributed by atoms with E-state index in [1.807, 2.05) is 6.08 Å². The van der Waals surface area contributed by atoms with Crippen LogP contribution < -0.4 is 0 Å². The number of hydrogen-bond donors (Lipinski definition) is 0. The van der Waals surface area contributed by atoms with Crippen molar-refractivity contribution in [1.82, 2.24) is 0 Å². The fourth-order valence-electron chi connectivity index (χ4n) is 5.48. The third-order valence-electron chi connectivity index (χ3n) is 8.76. The summed E-state index contributed by atoms with van der Waals surface area (Å²) < 4.78 is 6.56. The summed E-state index contributed by atoms with van der Waals surface area (Å²) in [5.41, 5.74) is 0.188. The van der Waals surface area contributed by atoms with Gasteiger partial charge in [0, 0.05) is 18.4 Å². The van der Waals surface area contributed by atoms with Crippen molar-refractivity contribution in [3.8, 4) is 0 Å². The predicted octanol–water partition coefficient (Wildman–Crippen LogP) is 7.26. The molecule has 2 rings (SSSR count). The van der Waals surface area contributed by atoms with Gasteiger partial charge in [0.2, 0.25) is 0 Å². The van der Waals surface area contributed by atoms with Crippen molar-refractivity contribution in [2.45, 2.75) is 98.2 Å². The first-order valence-electron chi connectivity index (χ1n) is 11.6. The number of fused-ring (bicyclic) bond motifs is 1. The molecule has 0 aromatic heterocycles. The predicted molar refractivity (Wildman–Crippen MR) is 123 cm³/mol. The van der Waals surface area contributed by atoms with E-state index >= 15 is 0 Å². The minimum Gasteiger partial charge on any atom is -0.417 e. The molecule has 0 aromatic rings. The van der Waals surface area contributed by atoms with Crippen molar-refractivity contribution >= 4 is 14.1 Å². The Bertz CT molecular complexity index is 561. The lowest BCUT2D eigenvalue weighted by atomic mass is 9.59. The Kier molecular flexibility index (Phi) is 7.46. The molecule has 2 aliphatic rings. The summed E-state index contributed by atoms with van der Waals surface area (Å²) in [6.45, 7) is 23.4. The van der Waals surface area contributed by atoms with Gasteiger partial charge in [-0.25, -0.2) is 0 Å². The first-order chi connectivity index (χ1) is 12.8. The van der Waals surface area contributed by atoms with E-state index in [1.54, 1.807) is 0 Å². The molecular weight excluding hydrogens is 360 g/mol. The van der Waals surface area contributed by atoms with Gasteiger partial charge >= 0.3 is 0 Å². The monoisotopic (exact) mass is 406 g/mol. The summed E-state index contributed by atoms with van der Waals surface area (Å²) in [5, 5.41) is 0.255. The number of carbonyl (C=O) groups excluding carboxylic acids is 1. The van der Waals surface area contributed by atoms with Crippen LogP contribution in [0.1, 0.15) is 80.1 Å². The Morgan fingerprint density at radius 3 is 2.46 bits per heavy atom. The molecule has 3 heteroatoms. The number of allylic oxidation sites excluding steroid dienone is 1. The Morgan fingerprint density at radius 1 is 1.25 bits per heavy atom. The maximum absolute atomic E-state index is 13.3. The van der Waals surface area contributed by atoms with Gasteiger partial charge in [0.1, 0.15) is 5.78 Å². The van der Waals surface area contributed by atoms with E-state index in [0.717, 1.165) is 32.3 Å². The number of carbonyl (C=O) groups is 1. The van der Waals surface area contributed by atoms with E-state index in [1.165, 1.54) is 12.8 Å². The zero-order valence-corrected chi connectivity index (χ0v) is 20.9. The van der Waals surface area contributed by atoms with E-state index in [2.05, 4.69) is 61.2 Å². The van der Waals surface area contributed by atoms with Gasteiger partial charge in [-0.15, -0.1) is 6.58 Å². The normalized spacial score (nSPS) is 33.4. The number of hydrogen-bond acceptors (Lipinski definition) is 2. The van der Waals surface area contributed by atoms with Crippen molar-refractivity contribution in [3.05, 3.63) is 12.7 Å². The lowest BCUT2D eigenvalue weighted by Crippen LogP contribution is -2.45. The summed E-state index contributed by atoms with van der Waals surface area (Å²) in [5.74, 6) is 2.83. The molecule has 0 radical (unpaired) electrons. The standard InChI is InChI=1S/C25H46O2Si/c1-10-18(2)11-12-20-15-16-25(7)21(13-14-22(25)23(20)26)19(3)17-27-28(8,9)24(4,5)6/h10,18-22H,1,11-17H2,2-9H3/t18?,19-,20-,21-,22+,25-/m1/s1. The second kappa shape index (κ2) is 8.76. The van der Waals surface area contributed by atoms with E-state index in [4.69, 9.17) is 4.43 Å². The molecule has 6 atom stereocenters. The molecule has 28 heavy (non-hydrogen) atoms. The van der Waals surface area contributed by atoms with Gasteiger partial charge in [-0.05, 0) is 79.8 Å². The number of ketones is 1. The first-order valence-corrected chi connectivity index (χ1v) is 14.5. The highest BCUT2D eigenvalue weighted by Crippen LogP contribution is 2.58. The second-order valence-corrected chi connectivity index (χ2v) is 16.5. The van der Waals surface area contributed by atoms with E-state index < -0.39 is 8.32 Å². The fraction of sp³-hybridized carbons (Fsp3) is 0.880. The first kappa shape index (κ1) is 23.9. The largest absolute Gasteiger partial charge is 0.417 e. The van der Waals surface area contributed by atoms with Crippen LogP contribution in [0.2, 0.25) is 18.1 Å². The fourth-order valence-corrected chi connectivity index (χ4v) is 6.59. The SMILES string of the molecule is C=CC(C)CC[C@@H]1CC[C@]2(C)[C@@H]([C@H](C)CO[Si](C)(C)C(C)(C)C)CC[C@H]2C1=O. The van der Waals surface area contributed by atoms with Crippen LogP contribution >= 0.6 is 0 Å². The van der Waals surface area contributed by atoms with Crippen molar-refractivity contribution in [1.29, 1.82) is 0 Å². The molecule has 2 nitrogen and oxygen atoms in total. The van der Waals surface area contributed by atoms with Gasteiger partial charge in [-0.3, -0.25) is 4.79 Å². The molecule has 0 aliphatic heterocycles. The smallest absolute Gasteiger partial charge is 0.191 e. The third kappa shape index (κ3) is 4.83. The summed E-state index contributed by atoms with van der Waals surface area (Å²) in [6.07, 6.45) is 8.76. The lowest BCUT2D eigenvalue weighted by molar-refractivity contribution is -0.136. The molecular formula is C25H46O2Si. The third-order valence-corrected chi connectivity index (χ3v) is 13.3. The summed E-state index contributed by atoms with van der Waals surface area (Å²) in [4.78, 5) is 13.3. The van der Waals surface area contributed by atoms with Crippen molar-refractivity contribution < 1.29 is 9.22 Å². The van der Waals surface area contributed by atoms with Crippen LogP contribution in [0, 0.1) is 35.0 Å². The molecule has 162 valence electrons. The van der Waals surface area contributed by atoms with Crippen molar-refractivity contribution in [2.75, 3.05) is 6.61 Å². The highest BCUT2D eigenvalue weighted by atomic mass is 28.4. The van der Waals surface area contributed by atoms with Gasteiger partial charge in [0.15, 0.2) is 8.32 Å².